The van der Waals surface area contributed by atoms with Gasteiger partial charge in [-0.1, -0.05) is 0 Å². The molecule has 2 N–H and O–H groups in total. The third-order valence-corrected chi connectivity index (χ3v) is 1.17. The molecule has 5 nitrogen and oxygen atoms in total. The van der Waals surface area contributed by atoms with Gasteiger partial charge in [0.15, 0.2) is 0 Å². The van der Waals surface area contributed by atoms with Gasteiger partial charge in [-0.25, -0.2) is 9.97 Å². The molecule has 0 spiro atoms. The summed E-state index contributed by atoms with van der Waals surface area (Å²) in [5, 5.41) is 19.7. The molecule has 0 atom stereocenters. The lowest BCUT2D eigenvalue weighted by Crippen LogP contribution is -2.07. The van der Waals surface area contributed by atoms with Crippen molar-refractivity contribution in [3.63, 3.8) is 0 Å². The second-order valence-electron chi connectivity index (χ2n) is 2.03. The van der Waals surface area contributed by atoms with E-state index in [1.54, 1.807) is 6.07 Å². The number of nitrogens with one attached hydrogen (secondary N) is 1. The summed E-state index contributed by atoms with van der Waals surface area (Å²) in [6.07, 6.45) is 1.49. The van der Waals surface area contributed by atoms with Gasteiger partial charge in [0, 0.05) is 12.7 Å². The van der Waals surface area contributed by atoms with Crippen LogP contribution >= 0.6 is 0 Å². The van der Waals surface area contributed by atoms with Crippen LogP contribution in [0.1, 0.15) is 5.82 Å². The third-order valence-electron chi connectivity index (χ3n) is 1.17. The fourth-order valence-electron chi connectivity index (χ4n) is 0.695. The number of aliphatic hydroxyl groups excluding tert-OH is 1. The normalized spacial score (nSPS) is 9.00. The number of aliphatic hydroxyl groups is 1. The molecule has 1 rings (SSSR count). The second-order valence-corrected chi connectivity index (χ2v) is 2.03. The highest BCUT2D eigenvalue weighted by molar-refractivity contribution is 5.34. The van der Waals surface area contributed by atoms with Crippen LogP contribution in [0.3, 0.4) is 0 Å². The molecule has 62 valence electrons. The van der Waals surface area contributed by atoms with E-state index in [2.05, 4.69) is 15.3 Å². The zero-order chi connectivity index (χ0) is 8.81. The zero-order valence-electron chi connectivity index (χ0n) is 6.36. The quantitative estimate of drug-likeness (QED) is 0.643. The molecular weight excluding hydrogens is 156 g/mol. The lowest BCUT2D eigenvalue weighted by atomic mass is 10.5. The topological polar surface area (TPSA) is 81.8 Å². The maximum Gasteiger partial charge on any atom is 0.234 e. The summed E-state index contributed by atoms with van der Waals surface area (Å²) in [6, 6.07) is 3.45. The van der Waals surface area contributed by atoms with Crippen molar-refractivity contribution in [3.8, 4) is 6.07 Å². The number of rotatable bonds is 3. The second kappa shape index (κ2) is 4.26. The molecule has 5 heteroatoms. The Labute approximate surface area is 69.7 Å². The van der Waals surface area contributed by atoms with Crippen molar-refractivity contribution in [1.82, 2.24) is 9.97 Å². The Morgan fingerprint density at radius 3 is 3.17 bits per heavy atom. The lowest BCUT2D eigenvalue weighted by Gasteiger charge is -2.01. The molecule has 0 radical (unpaired) electrons. The molecule has 0 bridgehead atoms. The molecule has 12 heavy (non-hydrogen) atoms. The van der Waals surface area contributed by atoms with Gasteiger partial charge in [0.1, 0.15) is 11.9 Å². The summed E-state index contributed by atoms with van der Waals surface area (Å²) in [4.78, 5) is 7.53. The van der Waals surface area contributed by atoms with Gasteiger partial charge in [0.2, 0.25) is 5.82 Å². The van der Waals surface area contributed by atoms with Crippen LogP contribution in [-0.2, 0) is 0 Å². The molecule has 0 saturated heterocycles. The standard InChI is InChI=1S/C7H8N4O/c8-5-7-9-2-1-6(11-7)10-3-4-12/h1-2,12H,3-4H2,(H,9,10,11). The largest absolute Gasteiger partial charge is 0.395 e. The lowest BCUT2D eigenvalue weighted by molar-refractivity contribution is 0.311. The predicted molar refractivity (Wildman–Crippen MR) is 42.3 cm³/mol. The van der Waals surface area contributed by atoms with E-state index in [4.69, 9.17) is 10.4 Å². The summed E-state index contributed by atoms with van der Waals surface area (Å²) in [5.74, 6) is 0.675. The molecular formula is C7H8N4O. The highest BCUT2D eigenvalue weighted by Gasteiger charge is 1.95. The molecule has 1 aromatic heterocycles. The minimum Gasteiger partial charge on any atom is -0.395 e. The van der Waals surface area contributed by atoms with Crippen molar-refractivity contribution in [2.75, 3.05) is 18.5 Å². The van der Waals surface area contributed by atoms with Crippen molar-refractivity contribution in [2.45, 2.75) is 0 Å². The number of hydrogen-bond donors (Lipinski definition) is 2. The van der Waals surface area contributed by atoms with Crippen molar-refractivity contribution in [3.05, 3.63) is 18.1 Å². The Morgan fingerprint density at radius 2 is 2.50 bits per heavy atom. The van der Waals surface area contributed by atoms with Crippen LogP contribution in [0.4, 0.5) is 5.82 Å². The van der Waals surface area contributed by atoms with Gasteiger partial charge < -0.3 is 10.4 Å². The number of nitriles is 1. The smallest absolute Gasteiger partial charge is 0.234 e. The van der Waals surface area contributed by atoms with Crippen LogP contribution in [0, 0.1) is 11.3 Å². The molecule has 0 fully saturated rings. The highest BCUT2D eigenvalue weighted by Crippen LogP contribution is 1.99. The fraction of sp³-hybridized carbons (Fsp3) is 0.286. The van der Waals surface area contributed by atoms with Crippen molar-refractivity contribution < 1.29 is 5.11 Å². The molecule has 0 saturated carbocycles. The molecule has 0 aromatic carbocycles. The van der Waals surface area contributed by atoms with Crippen LogP contribution in [0.2, 0.25) is 0 Å². The molecule has 0 unspecified atom stereocenters. The fourth-order valence-corrected chi connectivity index (χ4v) is 0.695. The predicted octanol–water partition coefficient (Wildman–Crippen LogP) is -0.248. The van der Waals surface area contributed by atoms with Crippen molar-refractivity contribution >= 4 is 5.82 Å². The number of aromatic nitrogens is 2. The van der Waals surface area contributed by atoms with Crippen LogP contribution in [0.25, 0.3) is 0 Å². The van der Waals surface area contributed by atoms with E-state index in [0.29, 0.717) is 12.4 Å². The van der Waals surface area contributed by atoms with Gasteiger partial charge in [-0.3, -0.25) is 0 Å². The maximum atomic E-state index is 8.48. The molecule has 0 aliphatic rings. The molecule has 0 aliphatic carbocycles. The maximum absolute atomic E-state index is 8.48. The first-order valence-electron chi connectivity index (χ1n) is 3.44. The Bertz CT molecular complexity index is 294. The molecule has 0 amide bonds. The first-order valence-corrected chi connectivity index (χ1v) is 3.44. The van der Waals surface area contributed by atoms with E-state index in [-0.39, 0.29) is 12.4 Å². The Balaban J connectivity index is 2.68. The minimum atomic E-state index is 0.0336. The summed E-state index contributed by atoms with van der Waals surface area (Å²) >= 11 is 0. The number of hydrogen-bond acceptors (Lipinski definition) is 5. The van der Waals surface area contributed by atoms with E-state index in [0.717, 1.165) is 0 Å². The first-order chi connectivity index (χ1) is 5.86. The SMILES string of the molecule is N#Cc1nccc(NCCO)n1. The summed E-state index contributed by atoms with van der Waals surface area (Å²) in [6.45, 7) is 0.452. The van der Waals surface area contributed by atoms with Crippen LogP contribution < -0.4 is 5.32 Å². The first kappa shape index (κ1) is 8.43. The van der Waals surface area contributed by atoms with E-state index in [1.165, 1.54) is 6.20 Å². The Morgan fingerprint density at radius 1 is 1.67 bits per heavy atom. The summed E-state index contributed by atoms with van der Waals surface area (Å²) in [5.41, 5.74) is 0. The number of anilines is 1. The van der Waals surface area contributed by atoms with Crippen molar-refractivity contribution in [2.24, 2.45) is 0 Å². The van der Waals surface area contributed by atoms with E-state index in [9.17, 15) is 0 Å². The summed E-state index contributed by atoms with van der Waals surface area (Å²) < 4.78 is 0. The molecule has 0 aliphatic heterocycles. The van der Waals surface area contributed by atoms with Crippen LogP contribution in [0.15, 0.2) is 12.3 Å². The van der Waals surface area contributed by atoms with Gasteiger partial charge in [-0.2, -0.15) is 5.26 Å². The van der Waals surface area contributed by atoms with Crippen LogP contribution in [0.5, 0.6) is 0 Å². The molecule has 1 aromatic rings. The van der Waals surface area contributed by atoms with Crippen LogP contribution in [-0.4, -0.2) is 28.2 Å². The average Bonchev–Trinajstić information content (AvgIpc) is 2.15. The Hall–Kier alpha value is -1.67. The van der Waals surface area contributed by atoms with Gasteiger partial charge in [0.25, 0.3) is 0 Å². The third kappa shape index (κ3) is 2.18. The molecule has 1 heterocycles. The van der Waals surface area contributed by atoms with E-state index in [1.807, 2.05) is 6.07 Å². The Kier molecular flexibility index (Phi) is 2.99. The van der Waals surface area contributed by atoms with Crippen molar-refractivity contribution in [1.29, 1.82) is 5.26 Å². The van der Waals surface area contributed by atoms with Gasteiger partial charge in [0.05, 0.1) is 6.61 Å². The average molecular weight is 164 g/mol. The van der Waals surface area contributed by atoms with Gasteiger partial charge >= 0.3 is 0 Å². The van der Waals surface area contributed by atoms with E-state index < -0.39 is 0 Å². The zero-order valence-corrected chi connectivity index (χ0v) is 6.36. The monoisotopic (exact) mass is 164 g/mol. The minimum absolute atomic E-state index is 0.0336. The van der Waals surface area contributed by atoms with Gasteiger partial charge in [-0.05, 0) is 6.07 Å². The highest BCUT2D eigenvalue weighted by atomic mass is 16.3. The van der Waals surface area contributed by atoms with E-state index >= 15 is 0 Å². The summed E-state index contributed by atoms with van der Waals surface area (Å²) in [7, 11) is 0. The number of nitrogens with zero attached hydrogens (tertiary/aromatic N) is 3. The van der Waals surface area contributed by atoms with Gasteiger partial charge in [-0.15, -0.1) is 0 Å².